The van der Waals surface area contributed by atoms with Crippen LogP contribution in [-0.4, -0.2) is 53.2 Å². The summed E-state index contributed by atoms with van der Waals surface area (Å²) in [6, 6.07) is 0. The molecule has 2 rings (SSSR count). The second-order valence-electron chi connectivity index (χ2n) is 8.27. The van der Waals surface area contributed by atoms with Gasteiger partial charge in [-0.3, -0.25) is 4.90 Å². The molecule has 1 heterocycles. The molecule has 128 valence electrons. The highest BCUT2D eigenvalue weighted by Crippen LogP contribution is 2.40. The van der Waals surface area contributed by atoms with Crippen molar-refractivity contribution in [3.05, 3.63) is 0 Å². The molecule has 0 aromatic rings. The molecular formula is C18H34N2O2. The quantitative estimate of drug-likeness (QED) is 0.775. The molecule has 2 fully saturated rings. The number of hydrogen-bond acceptors (Lipinski definition) is 3. The smallest absolute Gasteiger partial charge is 0.410 e. The largest absolute Gasteiger partial charge is 0.444 e. The van der Waals surface area contributed by atoms with Gasteiger partial charge in [0.2, 0.25) is 0 Å². The van der Waals surface area contributed by atoms with Gasteiger partial charge in [-0.05, 0) is 39.5 Å². The standard InChI is InChI=1S/C18H34N2O2/c1-15(2)18(9-7-6-8-10-18)20-13-11-19(12-14-20)16(21)22-17(3,4)5/h15H,6-14H2,1-5H3. The van der Waals surface area contributed by atoms with E-state index in [4.69, 9.17) is 4.74 Å². The summed E-state index contributed by atoms with van der Waals surface area (Å²) in [5, 5.41) is 0. The van der Waals surface area contributed by atoms with Crippen molar-refractivity contribution in [2.75, 3.05) is 26.2 Å². The van der Waals surface area contributed by atoms with E-state index < -0.39 is 5.60 Å². The van der Waals surface area contributed by atoms with Crippen LogP contribution in [0.25, 0.3) is 0 Å². The zero-order valence-electron chi connectivity index (χ0n) is 15.2. The first-order valence-electron chi connectivity index (χ1n) is 8.97. The summed E-state index contributed by atoms with van der Waals surface area (Å²) < 4.78 is 5.50. The van der Waals surface area contributed by atoms with Crippen molar-refractivity contribution in [2.45, 2.75) is 77.9 Å². The summed E-state index contributed by atoms with van der Waals surface area (Å²) in [6.45, 7) is 14.1. The lowest BCUT2D eigenvalue weighted by molar-refractivity contribution is -0.0316. The van der Waals surface area contributed by atoms with E-state index in [1.807, 2.05) is 25.7 Å². The zero-order valence-corrected chi connectivity index (χ0v) is 15.2. The minimum absolute atomic E-state index is 0.158. The average molecular weight is 310 g/mol. The van der Waals surface area contributed by atoms with Crippen LogP contribution in [0.4, 0.5) is 4.79 Å². The number of carbonyl (C=O) groups excluding carboxylic acids is 1. The fourth-order valence-electron chi connectivity index (χ4n) is 4.08. The van der Waals surface area contributed by atoms with Gasteiger partial charge in [0.15, 0.2) is 0 Å². The van der Waals surface area contributed by atoms with E-state index in [2.05, 4.69) is 18.7 Å². The fourth-order valence-corrected chi connectivity index (χ4v) is 4.08. The summed E-state index contributed by atoms with van der Waals surface area (Å²) in [6.07, 6.45) is 6.56. The Morgan fingerprint density at radius 3 is 2.00 bits per heavy atom. The molecule has 0 aromatic carbocycles. The Morgan fingerprint density at radius 1 is 1.00 bits per heavy atom. The van der Waals surface area contributed by atoms with Crippen LogP contribution in [-0.2, 0) is 4.74 Å². The van der Waals surface area contributed by atoms with E-state index in [0.717, 1.165) is 26.2 Å². The Bertz CT molecular complexity index is 373. The maximum atomic E-state index is 12.2. The molecular weight excluding hydrogens is 276 g/mol. The fraction of sp³-hybridized carbons (Fsp3) is 0.944. The molecule has 1 saturated carbocycles. The van der Waals surface area contributed by atoms with Crippen molar-refractivity contribution in [3.8, 4) is 0 Å². The first kappa shape index (κ1) is 17.6. The SMILES string of the molecule is CC(C)C1(N2CCN(C(=O)OC(C)(C)C)CC2)CCCCC1. The van der Waals surface area contributed by atoms with Gasteiger partial charge >= 0.3 is 6.09 Å². The summed E-state index contributed by atoms with van der Waals surface area (Å²) >= 11 is 0. The lowest BCUT2D eigenvalue weighted by Crippen LogP contribution is -2.61. The van der Waals surface area contributed by atoms with E-state index in [1.165, 1.54) is 32.1 Å². The highest BCUT2D eigenvalue weighted by atomic mass is 16.6. The molecule has 1 saturated heterocycles. The summed E-state index contributed by atoms with van der Waals surface area (Å²) in [5.41, 5.74) is -0.0466. The number of carbonyl (C=O) groups is 1. The van der Waals surface area contributed by atoms with Gasteiger partial charge in [0.05, 0.1) is 0 Å². The van der Waals surface area contributed by atoms with Crippen molar-refractivity contribution in [3.63, 3.8) is 0 Å². The molecule has 0 N–H and O–H groups in total. The second kappa shape index (κ2) is 6.77. The normalized spacial score (nSPS) is 23.6. The molecule has 0 aromatic heterocycles. The van der Waals surface area contributed by atoms with Crippen molar-refractivity contribution in [1.82, 2.24) is 9.80 Å². The highest BCUT2D eigenvalue weighted by Gasteiger charge is 2.42. The van der Waals surface area contributed by atoms with Crippen LogP contribution in [0.3, 0.4) is 0 Å². The molecule has 1 aliphatic carbocycles. The first-order chi connectivity index (χ1) is 10.2. The molecule has 1 amide bonds. The second-order valence-corrected chi connectivity index (χ2v) is 8.27. The van der Waals surface area contributed by atoms with Gasteiger partial charge < -0.3 is 9.64 Å². The van der Waals surface area contributed by atoms with Crippen molar-refractivity contribution < 1.29 is 9.53 Å². The Morgan fingerprint density at radius 2 is 1.55 bits per heavy atom. The van der Waals surface area contributed by atoms with Crippen LogP contribution in [0.15, 0.2) is 0 Å². The number of hydrogen-bond donors (Lipinski definition) is 0. The van der Waals surface area contributed by atoms with Crippen LogP contribution >= 0.6 is 0 Å². The molecule has 2 aliphatic rings. The van der Waals surface area contributed by atoms with E-state index in [0.29, 0.717) is 11.5 Å². The highest BCUT2D eigenvalue weighted by molar-refractivity contribution is 5.68. The van der Waals surface area contributed by atoms with Crippen molar-refractivity contribution in [2.24, 2.45) is 5.92 Å². The molecule has 0 bridgehead atoms. The van der Waals surface area contributed by atoms with Crippen LogP contribution < -0.4 is 0 Å². The Hall–Kier alpha value is -0.770. The van der Waals surface area contributed by atoms with Gasteiger partial charge in [0.1, 0.15) is 5.60 Å². The molecule has 0 unspecified atom stereocenters. The van der Waals surface area contributed by atoms with E-state index in [9.17, 15) is 4.79 Å². The van der Waals surface area contributed by atoms with E-state index >= 15 is 0 Å². The third-order valence-electron chi connectivity index (χ3n) is 5.36. The maximum Gasteiger partial charge on any atom is 0.410 e. The molecule has 0 radical (unpaired) electrons. The molecule has 4 heteroatoms. The van der Waals surface area contributed by atoms with E-state index in [1.54, 1.807) is 0 Å². The molecule has 4 nitrogen and oxygen atoms in total. The third-order valence-corrected chi connectivity index (χ3v) is 5.36. The third kappa shape index (κ3) is 3.95. The first-order valence-corrected chi connectivity index (χ1v) is 8.97. The van der Waals surface area contributed by atoms with Crippen molar-refractivity contribution in [1.29, 1.82) is 0 Å². The molecule has 0 atom stereocenters. The van der Waals surface area contributed by atoms with Crippen LogP contribution in [0, 0.1) is 5.92 Å². The maximum absolute atomic E-state index is 12.2. The Labute approximate surface area is 136 Å². The summed E-state index contributed by atoms with van der Waals surface area (Å²) in [5.74, 6) is 0.681. The summed E-state index contributed by atoms with van der Waals surface area (Å²) in [4.78, 5) is 16.7. The van der Waals surface area contributed by atoms with Gasteiger partial charge in [-0.25, -0.2) is 4.79 Å². The monoisotopic (exact) mass is 310 g/mol. The number of nitrogens with zero attached hydrogens (tertiary/aromatic N) is 2. The van der Waals surface area contributed by atoms with E-state index in [-0.39, 0.29) is 6.09 Å². The topological polar surface area (TPSA) is 32.8 Å². The number of ether oxygens (including phenoxy) is 1. The number of rotatable bonds is 2. The van der Waals surface area contributed by atoms with Gasteiger partial charge in [-0.15, -0.1) is 0 Å². The van der Waals surface area contributed by atoms with Crippen LogP contribution in [0.1, 0.15) is 66.7 Å². The predicted molar refractivity (Wildman–Crippen MR) is 90.0 cm³/mol. The Kier molecular flexibility index (Phi) is 5.41. The van der Waals surface area contributed by atoms with Crippen molar-refractivity contribution >= 4 is 6.09 Å². The number of piperazine rings is 1. The lowest BCUT2D eigenvalue weighted by atomic mass is 9.72. The van der Waals surface area contributed by atoms with Gasteiger partial charge in [-0.1, -0.05) is 33.1 Å². The minimum atomic E-state index is -0.406. The molecule has 22 heavy (non-hydrogen) atoms. The zero-order chi connectivity index (χ0) is 16.4. The summed E-state index contributed by atoms with van der Waals surface area (Å²) in [7, 11) is 0. The average Bonchev–Trinajstić information content (AvgIpc) is 2.46. The van der Waals surface area contributed by atoms with Gasteiger partial charge in [-0.2, -0.15) is 0 Å². The molecule has 0 spiro atoms. The number of amides is 1. The lowest BCUT2D eigenvalue weighted by Gasteiger charge is -2.52. The van der Waals surface area contributed by atoms with Gasteiger partial charge in [0.25, 0.3) is 0 Å². The van der Waals surface area contributed by atoms with Crippen LogP contribution in [0.5, 0.6) is 0 Å². The van der Waals surface area contributed by atoms with Gasteiger partial charge in [0, 0.05) is 31.7 Å². The Balaban J connectivity index is 1.94. The predicted octanol–water partition coefficient (Wildman–Crippen LogP) is 3.90. The van der Waals surface area contributed by atoms with Crippen LogP contribution in [0.2, 0.25) is 0 Å². The minimum Gasteiger partial charge on any atom is -0.444 e. The molecule has 1 aliphatic heterocycles.